The Hall–Kier alpha value is -3.40. The van der Waals surface area contributed by atoms with Gasteiger partial charge in [-0.3, -0.25) is 4.79 Å². The minimum absolute atomic E-state index is 0.165. The number of rotatable bonds is 3. The Morgan fingerprint density at radius 3 is 3.04 bits per heavy atom. The van der Waals surface area contributed by atoms with Crippen molar-refractivity contribution in [2.75, 3.05) is 11.1 Å². The number of hydrogen-bond donors (Lipinski definition) is 3. The lowest BCUT2D eigenvalue weighted by atomic mass is 10.1. The summed E-state index contributed by atoms with van der Waals surface area (Å²) in [4.78, 5) is 23.7. The smallest absolute Gasteiger partial charge is 0.230 e. The fraction of sp³-hybridized carbons (Fsp3) is 0.176. The minimum atomic E-state index is -0.231. The molecule has 1 amide bonds. The molecule has 4 rings (SSSR count). The molecule has 118 valence electrons. The molecule has 1 aliphatic carbocycles. The number of nitrogens with two attached hydrogens (primary N) is 1. The van der Waals surface area contributed by atoms with E-state index in [1.54, 1.807) is 12.3 Å². The zero-order chi connectivity index (χ0) is 16.7. The van der Waals surface area contributed by atoms with Crippen LogP contribution in [-0.2, 0) is 4.79 Å². The molecule has 0 saturated heterocycles. The molecule has 0 aromatic carbocycles. The molecule has 7 heteroatoms. The number of aromatic amines is 1. The molecule has 3 aromatic heterocycles. The minimum Gasteiger partial charge on any atom is -0.383 e. The largest absolute Gasteiger partial charge is 0.383 e. The van der Waals surface area contributed by atoms with Crippen molar-refractivity contribution in [2.45, 2.75) is 6.42 Å². The number of nitrogen functional groups attached to an aromatic ring is 1. The first-order chi connectivity index (χ1) is 11.7. The lowest BCUT2D eigenvalue weighted by molar-refractivity contribution is -0.117. The van der Waals surface area contributed by atoms with E-state index in [1.165, 1.54) is 0 Å². The second-order valence-corrected chi connectivity index (χ2v) is 5.85. The number of nitrogens with one attached hydrogen (secondary N) is 2. The van der Waals surface area contributed by atoms with E-state index in [2.05, 4.69) is 26.3 Å². The molecule has 4 N–H and O–H groups in total. The maximum atomic E-state index is 12.1. The molecular formula is C17H14N6O. The highest BCUT2D eigenvalue weighted by molar-refractivity contribution is 5.98. The van der Waals surface area contributed by atoms with Gasteiger partial charge >= 0.3 is 0 Å². The predicted molar refractivity (Wildman–Crippen MR) is 89.6 cm³/mol. The van der Waals surface area contributed by atoms with Crippen LogP contribution in [0.2, 0.25) is 0 Å². The third kappa shape index (κ3) is 2.44. The second kappa shape index (κ2) is 5.35. The number of carbonyl (C=O) groups is 1. The Labute approximate surface area is 137 Å². The third-order valence-electron chi connectivity index (χ3n) is 4.18. The molecule has 3 aromatic rings. The quantitative estimate of drug-likeness (QED) is 0.684. The van der Waals surface area contributed by atoms with Gasteiger partial charge in [0.25, 0.3) is 0 Å². The van der Waals surface area contributed by atoms with Gasteiger partial charge in [0.05, 0.1) is 23.6 Å². The zero-order valence-corrected chi connectivity index (χ0v) is 12.7. The summed E-state index contributed by atoms with van der Waals surface area (Å²) < 4.78 is 0. The van der Waals surface area contributed by atoms with E-state index < -0.39 is 0 Å². The number of fused-ring (bicyclic) bond motifs is 1. The summed E-state index contributed by atoms with van der Waals surface area (Å²) in [6, 6.07) is 7.69. The Bertz CT molecular complexity index is 973. The van der Waals surface area contributed by atoms with E-state index in [1.807, 2.05) is 24.5 Å². The van der Waals surface area contributed by atoms with E-state index in [0.29, 0.717) is 18.1 Å². The van der Waals surface area contributed by atoms with Crippen molar-refractivity contribution in [3.8, 4) is 17.3 Å². The average molecular weight is 318 g/mol. The number of amides is 1. The molecule has 1 fully saturated rings. The maximum absolute atomic E-state index is 12.1. The monoisotopic (exact) mass is 318 g/mol. The van der Waals surface area contributed by atoms with Crippen LogP contribution in [0.15, 0.2) is 36.8 Å². The van der Waals surface area contributed by atoms with Gasteiger partial charge < -0.3 is 16.0 Å². The number of carbonyl (C=O) groups excluding carboxylic acids is 1. The van der Waals surface area contributed by atoms with Crippen molar-refractivity contribution >= 4 is 28.3 Å². The number of aromatic nitrogens is 3. The number of nitriles is 1. The first-order valence-corrected chi connectivity index (χ1v) is 7.55. The van der Waals surface area contributed by atoms with Crippen molar-refractivity contribution < 1.29 is 4.79 Å². The Kier molecular flexibility index (Phi) is 3.17. The zero-order valence-electron chi connectivity index (χ0n) is 12.7. The van der Waals surface area contributed by atoms with Crippen LogP contribution in [0, 0.1) is 23.2 Å². The highest BCUT2D eigenvalue weighted by Crippen LogP contribution is 2.38. The summed E-state index contributed by atoms with van der Waals surface area (Å²) in [7, 11) is 0. The van der Waals surface area contributed by atoms with Crippen LogP contribution in [0.4, 0.5) is 11.6 Å². The normalized spacial score (nSPS) is 19.0. The summed E-state index contributed by atoms with van der Waals surface area (Å²) >= 11 is 0. The Balaban J connectivity index is 1.67. The highest BCUT2D eigenvalue weighted by atomic mass is 16.2. The lowest BCUT2D eigenvalue weighted by Crippen LogP contribution is -2.15. The summed E-state index contributed by atoms with van der Waals surface area (Å²) in [5.74, 6) is 0.264. The van der Waals surface area contributed by atoms with Crippen molar-refractivity contribution in [3.05, 3.63) is 36.8 Å². The molecule has 7 nitrogen and oxygen atoms in total. The first kappa shape index (κ1) is 14.2. The fourth-order valence-electron chi connectivity index (χ4n) is 2.72. The average Bonchev–Trinajstić information content (AvgIpc) is 3.17. The summed E-state index contributed by atoms with van der Waals surface area (Å²) in [6.07, 6.45) is 5.87. The third-order valence-corrected chi connectivity index (χ3v) is 4.18. The molecule has 3 heterocycles. The number of pyridine rings is 2. The van der Waals surface area contributed by atoms with Crippen molar-refractivity contribution in [1.82, 2.24) is 15.0 Å². The number of anilines is 2. The van der Waals surface area contributed by atoms with E-state index in [4.69, 9.17) is 11.0 Å². The Morgan fingerprint density at radius 1 is 1.46 bits per heavy atom. The topological polar surface area (TPSA) is 120 Å². The second-order valence-electron chi connectivity index (χ2n) is 5.85. The fourth-order valence-corrected chi connectivity index (χ4v) is 2.72. The van der Waals surface area contributed by atoms with E-state index in [0.717, 1.165) is 22.0 Å². The molecule has 2 atom stereocenters. The van der Waals surface area contributed by atoms with Crippen molar-refractivity contribution in [1.29, 1.82) is 5.26 Å². The molecule has 0 radical (unpaired) electrons. The standard InChI is InChI=1S/C17H14N6O/c18-6-11-3-12(11)17(24)23-15-5-10-4-14(9-1-2-20-7-9)22-16(19)13(10)8-21-15/h1-2,4-5,7-8,11-12,20H,3H2,(H2,19,22)(H,21,23,24)/t11-,12+/m0/s1. The van der Waals surface area contributed by atoms with Gasteiger partial charge in [-0.1, -0.05) is 0 Å². The van der Waals surface area contributed by atoms with Gasteiger partial charge in [-0.2, -0.15) is 5.26 Å². The van der Waals surface area contributed by atoms with Crippen molar-refractivity contribution in [3.63, 3.8) is 0 Å². The van der Waals surface area contributed by atoms with Crippen LogP contribution in [0.25, 0.3) is 22.0 Å². The van der Waals surface area contributed by atoms with Crippen LogP contribution in [0.1, 0.15) is 6.42 Å². The van der Waals surface area contributed by atoms with Gasteiger partial charge in [-0.25, -0.2) is 9.97 Å². The van der Waals surface area contributed by atoms with E-state index >= 15 is 0 Å². The SMILES string of the molecule is N#C[C@@H]1C[C@H]1C(=O)Nc1cc2cc(-c3cc[nH]c3)nc(N)c2cn1. The van der Waals surface area contributed by atoms with Crippen LogP contribution in [-0.4, -0.2) is 20.9 Å². The summed E-state index contributed by atoms with van der Waals surface area (Å²) in [5, 5.41) is 13.2. The van der Waals surface area contributed by atoms with Gasteiger partial charge in [0.1, 0.15) is 11.6 Å². The molecule has 1 saturated carbocycles. The van der Waals surface area contributed by atoms with Gasteiger partial charge in [0.2, 0.25) is 5.91 Å². The van der Waals surface area contributed by atoms with Crippen molar-refractivity contribution in [2.24, 2.45) is 11.8 Å². The predicted octanol–water partition coefficient (Wildman–Crippen LogP) is 2.31. The van der Waals surface area contributed by atoms with Gasteiger partial charge in [0.15, 0.2) is 0 Å². The van der Waals surface area contributed by atoms with Gasteiger partial charge in [-0.05, 0) is 30.0 Å². The van der Waals surface area contributed by atoms with Crippen LogP contribution >= 0.6 is 0 Å². The Morgan fingerprint density at radius 2 is 2.33 bits per heavy atom. The summed E-state index contributed by atoms with van der Waals surface area (Å²) in [5.41, 5.74) is 7.70. The summed E-state index contributed by atoms with van der Waals surface area (Å²) in [6.45, 7) is 0. The highest BCUT2D eigenvalue weighted by Gasteiger charge is 2.43. The molecule has 0 unspecified atom stereocenters. The molecule has 1 aliphatic rings. The lowest BCUT2D eigenvalue weighted by Gasteiger charge is -2.08. The van der Waals surface area contributed by atoms with Crippen LogP contribution in [0.5, 0.6) is 0 Å². The molecule has 0 spiro atoms. The number of nitrogens with zero attached hydrogens (tertiary/aromatic N) is 3. The van der Waals surface area contributed by atoms with Gasteiger partial charge in [-0.15, -0.1) is 0 Å². The number of hydrogen-bond acceptors (Lipinski definition) is 5. The molecule has 0 bridgehead atoms. The molecular weight excluding hydrogens is 304 g/mol. The van der Waals surface area contributed by atoms with E-state index in [9.17, 15) is 4.79 Å². The van der Waals surface area contributed by atoms with E-state index in [-0.39, 0.29) is 17.7 Å². The maximum Gasteiger partial charge on any atom is 0.230 e. The van der Waals surface area contributed by atoms with Crippen LogP contribution in [0.3, 0.4) is 0 Å². The van der Waals surface area contributed by atoms with Crippen LogP contribution < -0.4 is 11.1 Å². The molecule has 0 aliphatic heterocycles. The number of H-pyrrole nitrogens is 1. The molecule has 24 heavy (non-hydrogen) atoms. The first-order valence-electron chi connectivity index (χ1n) is 7.55. The van der Waals surface area contributed by atoms with Gasteiger partial charge in [0, 0.05) is 29.5 Å².